The van der Waals surface area contributed by atoms with Gasteiger partial charge in [-0.05, 0) is 62.1 Å². The zero-order chi connectivity index (χ0) is 24.5. The van der Waals surface area contributed by atoms with Gasteiger partial charge in [-0.3, -0.25) is 9.59 Å². The van der Waals surface area contributed by atoms with E-state index in [1.54, 1.807) is 6.08 Å². The smallest absolute Gasteiger partial charge is 0.341 e. The Morgan fingerprint density at radius 1 is 1.26 bits per heavy atom. The van der Waals surface area contributed by atoms with Crippen LogP contribution in [0.25, 0.3) is 0 Å². The normalized spacial score (nSPS) is 36.9. The molecule has 34 heavy (non-hydrogen) atoms. The van der Waals surface area contributed by atoms with E-state index in [1.807, 2.05) is 6.92 Å². The summed E-state index contributed by atoms with van der Waals surface area (Å²) in [4.78, 5) is 38.1. The maximum Gasteiger partial charge on any atom is 0.341 e. The van der Waals surface area contributed by atoms with E-state index in [9.17, 15) is 19.5 Å². The lowest BCUT2D eigenvalue weighted by atomic mass is 9.51. The van der Waals surface area contributed by atoms with Gasteiger partial charge in [0.25, 0.3) is 0 Å². The number of allylic oxidation sites excluding steroid dienone is 2. The van der Waals surface area contributed by atoms with E-state index in [2.05, 4.69) is 23.1 Å². The number of benzene rings is 1. The molecule has 0 radical (unpaired) electrons. The molecule has 6 atom stereocenters. The van der Waals surface area contributed by atoms with Gasteiger partial charge in [0, 0.05) is 17.8 Å². The molecule has 0 aromatic heterocycles. The van der Waals surface area contributed by atoms with Gasteiger partial charge in [0.05, 0.1) is 25.9 Å². The highest BCUT2D eigenvalue weighted by Gasteiger charge is 2.71. The summed E-state index contributed by atoms with van der Waals surface area (Å²) in [6, 6.07) is 2.85. The molecule has 1 aromatic carbocycles. The highest BCUT2D eigenvalue weighted by atomic mass is 16.5. The number of anilines is 1. The summed E-state index contributed by atoms with van der Waals surface area (Å²) in [5, 5.41) is 13.2. The minimum atomic E-state index is -0.729. The highest BCUT2D eigenvalue weighted by Crippen LogP contribution is 2.71. The van der Waals surface area contributed by atoms with E-state index < -0.39 is 17.1 Å². The van der Waals surface area contributed by atoms with Gasteiger partial charge in [-0.1, -0.05) is 13.0 Å². The third-order valence-corrected chi connectivity index (χ3v) is 8.82. The SMILES string of the molecule is COC(=O)c1ccc(OC)c(NC(=O)CC[C@@]2(C)C(=O)C=C[C@@]34C[C@@H]5C[C@@H](O[C@]5(C)C3)[C@@H]42)c1O. The largest absolute Gasteiger partial charge is 0.505 e. The number of rotatable bonds is 6. The summed E-state index contributed by atoms with van der Waals surface area (Å²) in [6.45, 7) is 4.16. The second-order valence-electron chi connectivity index (χ2n) is 10.7. The van der Waals surface area contributed by atoms with Crippen LogP contribution in [0.1, 0.15) is 56.3 Å². The number of amides is 1. The molecule has 8 heteroatoms. The molecule has 1 spiro atoms. The molecule has 182 valence electrons. The molecule has 1 aromatic rings. The van der Waals surface area contributed by atoms with E-state index in [4.69, 9.17) is 9.47 Å². The van der Waals surface area contributed by atoms with Crippen LogP contribution in [-0.2, 0) is 19.1 Å². The molecule has 0 unspecified atom stereocenters. The number of hydrogen-bond acceptors (Lipinski definition) is 7. The Bertz CT molecular complexity index is 1110. The van der Waals surface area contributed by atoms with Crippen LogP contribution < -0.4 is 10.1 Å². The number of phenols is 1. The van der Waals surface area contributed by atoms with Crippen LogP contribution in [0, 0.1) is 22.7 Å². The van der Waals surface area contributed by atoms with Crippen LogP contribution in [0.2, 0.25) is 0 Å². The standard InChI is InChI=1S/C26H31NO7/c1-24(18(28)7-10-26-12-14-11-17(22(24)26)34-25(14,2)13-26)9-8-19(29)27-20-16(32-3)6-5-15(21(20)30)23(31)33-4/h5-7,10,14,17,22,30H,8-9,11-13H2,1-4H3,(H,27,29)/t14-,17+,22+,24-,25+,26+/m0/s1. The number of carbonyl (C=O) groups is 3. The Kier molecular flexibility index (Phi) is 5.10. The van der Waals surface area contributed by atoms with Crippen LogP contribution in [0.4, 0.5) is 5.69 Å². The molecule has 2 saturated carbocycles. The number of ketones is 1. The zero-order valence-corrected chi connectivity index (χ0v) is 20.0. The van der Waals surface area contributed by atoms with Crippen LogP contribution in [0.15, 0.2) is 24.3 Å². The summed E-state index contributed by atoms with van der Waals surface area (Å²) >= 11 is 0. The van der Waals surface area contributed by atoms with E-state index in [-0.39, 0.29) is 58.1 Å². The van der Waals surface area contributed by atoms with E-state index >= 15 is 0 Å². The maximum atomic E-state index is 13.2. The number of methoxy groups -OCH3 is 2. The highest BCUT2D eigenvalue weighted by molar-refractivity contribution is 6.01. The van der Waals surface area contributed by atoms with E-state index in [0.29, 0.717) is 12.3 Å². The topological polar surface area (TPSA) is 111 Å². The molecule has 5 aliphatic rings. The average Bonchev–Trinajstić information content (AvgIpc) is 3.17. The first-order valence-electron chi connectivity index (χ1n) is 11.8. The Labute approximate surface area is 198 Å². The van der Waals surface area contributed by atoms with E-state index in [0.717, 1.165) is 19.3 Å². The lowest BCUT2D eigenvalue weighted by Crippen LogP contribution is -2.56. The molecule has 2 N–H and O–H groups in total. The average molecular weight is 470 g/mol. The van der Waals surface area contributed by atoms with Crippen LogP contribution in [0.5, 0.6) is 11.5 Å². The second kappa shape index (κ2) is 7.57. The lowest BCUT2D eigenvalue weighted by molar-refractivity contribution is -0.169. The number of phenolic OH excluding ortho intramolecular Hbond substituents is 1. The maximum absolute atomic E-state index is 13.2. The first-order valence-corrected chi connectivity index (χ1v) is 11.8. The van der Waals surface area contributed by atoms with Crippen LogP contribution >= 0.6 is 0 Å². The van der Waals surface area contributed by atoms with Gasteiger partial charge in [0.15, 0.2) is 11.5 Å². The number of carbonyl (C=O) groups excluding carboxylic acids is 3. The number of ether oxygens (including phenoxy) is 3. The Morgan fingerprint density at radius 3 is 2.71 bits per heavy atom. The third kappa shape index (κ3) is 3.11. The van der Waals surface area contributed by atoms with Crippen molar-refractivity contribution in [3.05, 3.63) is 29.8 Å². The first kappa shape index (κ1) is 22.9. The van der Waals surface area contributed by atoms with Crippen molar-refractivity contribution in [1.29, 1.82) is 0 Å². The van der Waals surface area contributed by atoms with Crippen LogP contribution in [0.3, 0.4) is 0 Å². The lowest BCUT2D eigenvalue weighted by Gasteiger charge is -2.55. The Hall–Kier alpha value is -2.87. The van der Waals surface area contributed by atoms with Gasteiger partial charge >= 0.3 is 5.97 Å². The predicted octanol–water partition coefficient (Wildman–Crippen LogP) is 3.63. The molecular formula is C26H31NO7. The van der Waals surface area contributed by atoms with Crippen molar-refractivity contribution in [3.63, 3.8) is 0 Å². The summed E-state index contributed by atoms with van der Waals surface area (Å²) < 4.78 is 16.4. The molecule has 8 nitrogen and oxygen atoms in total. The Morgan fingerprint density at radius 2 is 2.03 bits per heavy atom. The monoisotopic (exact) mass is 469 g/mol. The molecular weight excluding hydrogens is 438 g/mol. The molecule has 6 rings (SSSR count). The molecule has 2 aliphatic heterocycles. The fourth-order valence-corrected chi connectivity index (χ4v) is 7.35. The predicted molar refractivity (Wildman–Crippen MR) is 123 cm³/mol. The number of esters is 1. The molecule has 1 amide bonds. The van der Waals surface area contributed by atoms with Crippen molar-refractivity contribution >= 4 is 23.3 Å². The van der Waals surface area contributed by atoms with Crippen molar-refractivity contribution in [2.45, 2.75) is 57.7 Å². The first-order chi connectivity index (χ1) is 16.1. The summed E-state index contributed by atoms with van der Waals surface area (Å²) in [7, 11) is 2.61. The molecule has 4 bridgehead atoms. The fourth-order valence-electron chi connectivity index (χ4n) is 7.35. The number of hydrogen-bond donors (Lipinski definition) is 2. The fraction of sp³-hybridized carbons (Fsp3) is 0.577. The van der Waals surface area contributed by atoms with Crippen molar-refractivity contribution in [2.75, 3.05) is 19.5 Å². The second-order valence-corrected chi connectivity index (χ2v) is 10.7. The summed E-state index contributed by atoms with van der Waals surface area (Å²) in [5.74, 6) is -0.717. The third-order valence-electron chi connectivity index (χ3n) is 8.82. The van der Waals surface area contributed by atoms with Gasteiger partial charge in [0.2, 0.25) is 5.91 Å². The number of aromatic hydroxyl groups is 1. The van der Waals surface area contributed by atoms with Gasteiger partial charge < -0.3 is 24.6 Å². The van der Waals surface area contributed by atoms with Gasteiger partial charge in [-0.15, -0.1) is 0 Å². The molecule has 4 fully saturated rings. The van der Waals surface area contributed by atoms with Crippen molar-refractivity contribution < 1.29 is 33.7 Å². The minimum absolute atomic E-state index is 0.00119. The quantitative estimate of drug-likeness (QED) is 0.483. The molecule has 2 saturated heterocycles. The Balaban J connectivity index is 1.36. The van der Waals surface area contributed by atoms with Crippen molar-refractivity contribution in [3.8, 4) is 11.5 Å². The van der Waals surface area contributed by atoms with Crippen LogP contribution in [-0.4, -0.2) is 48.7 Å². The summed E-state index contributed by atoms with van der Waals surface area (Å²) in [6.07, 6.45) is 7.22. The molecule has 2 heterocycles. The number of nitrogens with one attached hydrogen (secondary N) is 1. The summed E-state index contributed by atoms with van der Waals surface area (Å²) in [5.41, 5.74) is -0.948. The van der Waals surface area contributed by atoms with Crippen molar-refractivity contribution in [2.24, 2.45) is 22.7 Å². The minimum Gasteiger partial charge on any atom is -0.505 e. The van der Waals surface area contributed by atoms with Gasteiger partial charge in [-0.2, -0.15) is 0 Å². The van der Waals surface area contributed by atoms with E-state index in [1.165, 1.54) is 26.4 Å². The van der Waals surface area contributed by atoms with Gasteiger partial charge in [-0.25, -0.2) is 4.79 Å². The van der Waals surface area contributed by atoms with Gasteiger partial charge in [0.1, 0.15) is 17.0 Å². The zero-order valence-electron chi connectivity index (χ0n) is 20.0. The molecule has 3 aliphatic carbocycles. The van der Waals surface area contributed by atoms with Crippen molar-refractivity contribution in [1.82, 2.24) is 0 Å².